The molecule has 5 nitrogen and oxygen atoms in total. The van der Waals surface area contributed by atoms with Crippen molar-refractivity contribution < 1.29 is 15.0 Å². The second-order valence-electron chi connectivity index (χ2n) is 5.68. The maximum absolute atomic E-state index is 12.3. The molecule has 0 bridgehead atoms. The third-order valence-corrected chi connectivity index (χ3v) is 3.70. The van der Waals surface area contributed by atoms with Gasteiger partial charge in [0, 0.05) is 24.1 Å². The van der Waals surface area contributed by atoms with Crippen LogP contribution in [-0.2, 0) is 0 Å². The van der Waals surface area contributed by atoms with Crippen LogP contribution in [0.4, 0.5) is 0 Å². The lowest BCUT2D eigenvalue weighted by Gasteiger charge is -2.23. The Kier molecular flexibility index (Phi) is 4.65. The number of aliphatic hydroxyl groups excluding tert-OH is 1. The number of benzene rings is 1. The molecule has 2 rings (SSSR count). The van der Waals surface area contributed by atoms with Crippen LogP contribution >= 0.6 is 0 Å². The van der Waals surface area contributed by atoms with Crippen LogP contribution in [0.1, 0.15) is 35.8 Å². The maximum atomic E-state index is 12.3. The largest absolute Gasteiger partial charge is 0.396 e. The Morgan fingerprint density at radius 2 is 2.10 bits per heavy atom. The molecule has 4 N–H and O–H groups in total. The molecule has 5 heteroatoms. The number of amides is 1. The SMILES string of the molecule is Cc1c(C(=O)NCC(C)(O)CCCO)[nH]c2ccccc12. The smallest absolute Gasteiger partial charge is 0.268 e. The van der Waals surface area contributed by atoms with Gasteiger partial charge in [0.15, 0.2) is 0 Å². The predicted octanol–water partition coefficient (Wildman–Crippen LogP) is 1.73. The summed E-state index contributed by atoms with van der Waals surface area (Å²) in [6.45, 7) is 3.74. The van der Waals surface area contributed by atoms with Crippen molar-refractivity contribution in [1.29, 1.82) is 0 Å². The second kappa shape index (κ2) is 6.28. The first-order valence-corrected chi connectivity index (χ1v) is 7.13. The van der Waals surface area contributed by atoms with Gasteiger partial charge in [-0.25, -0.2) is 0 Å². The van der Waals surface area contributed by atoms with Crippen LogP contribution < -0.4 is 5.32 Å². The van der Waals surface area contributed by atoms with Crippen LogP contribution in [-0.4, -0.2) is 39.9 Å². The van der Waals surface area contributed by atoms with Gasteiger partial charge < -0.3 is 20.5 Å². The lowest BCUT2D eigenvalue weighted by Crippen LogP contribution is -2.41. The summed E-state index contributed by atoms with van der Waals surface area (Å²) < 4.78 is 0. The molecule has 114 valence electrons. The minimum Gasteiger partial charge on any atom is -0.396 e. The molecule has 1 heterocycles. The molecule has 0 aliphatic rings. The van der Waals surface area contributed by atoms with Crippen LogP contribution in [0.15, 0.2) is 24.3 Å². The Labute approximate surface area is 124 Å². The van der Waals surface area contributed by atoms with Crippen molar-refractivity contribution in [2.45, 2.75) is 32.3 Å². The molecule has 0 saturated heterocycles. The monoisotopic (exact) mass is 290 g/mol. The van der Waals surface area contributed by atoms with Crippen molar-refractivity contribution in [2.24, 2.45) is 0 Å². The standard InChI is InChI=1S/C16H22N2O3/c1-11-12-6-3-4-7-13(12)18-14(11)15(20)17-10-16(2,21)8-5-9-19/h3-4,6-7,18-19,21H,5,8-10H2,1-2H3,(H,17,20). The molecule has 1 aromatic carbocycles. The number of carbonyl (C=O) groups excluding carboxylic acids is 1. The first-order valence-electron chi connectivity index (χ1n) is 7.13. The Morgan fingerprint density at radius 1 is 1.38 bits per heavy atom. The van der Waals surface area contributed by atoms with E-state index in [0.717, 1.165) is 16.5 Å². The van der Waals surface area contributed by atoms with Gasteiger partial charge in [0.25, 0.3) is 5.91 Å². The number of hydrogen-bond donors (Lipinski definition) is 4. The highest BCUT2D eigenvalue weighted by molar-refractivity contribution is 6.00. The molecule has 1 amide bonds. The Morgan fingerprint density at radius 3 is 2.76 bits per heavy atom. The molecule has 0 spiro atoms. The number of aromatic amines is 1. The summed E-state index contributed by atoms with van der Waals surface area (Å²) in [6.07, 6.45) is 0.948. The Balaban J connectivity index is 2.07. The summed E-state index contributed by atoms with van der Waals surface area (Å²) in [5.74, 6) is -0.229. The van der Waals surface area contributed by atoms with Crippen LogP contribution in [0.2, 0.25) is 0 Å². The molecular weight excluding hydrogens is 268 g/mol. The van der Waals surface area contributed by atoms with Gasteiger partial charge >= 0.3 is 0 Å². The van der Waals surface area contributed by atoms with Gasteiger partial charge in [0.2, 0.25) is 0 Å². The molecule has 0 aliphatic heterocycles. The highest BCUT2D eigenvalue weighted by Gasteiger charge is 2.22. The van der Waals surface area contributed by atoms with E-state index in [1.165, 1.54) is 0 Å². The third kappa shape index (κ3) is 3.62. The van der Waals surface area contributed by atoms with Crippen molar-refractivity contribution in [1.82, 2.24) is 10.3 Å². The maximum Gasteiger partial charge on any atom is 0.268 e. The van der Waals surface area contributed by atoms with Crippen LogP contribution in [0.3, 0.4) is 0 Å². The van der Waals surface area contributed by atoms with Gasteiger partial charge in [0.1, 0.15) is 5.69 Å². The molecule has 2 aromatic rings. The molecule has 1 atom stereocenters. The van der Waals surface area contributed by atoms with Crippen molar-refractivity contribution in [3.05, 3.63) is 35.5 Å². The number of aryl methyl sites for hydroxylation is 1. The van der Waals surface area contributed by atoms with E-state index in [2.05, 4.69) is 10.3 Å². The average molecular weight is 290 g/mol. The van der Waals surface area contributed by atoms with Crippen LogP contribution in [0.25, 0.3) is 10.9 Å². The highest BCUT2D eigenvalue weighted by Crippen LogP contribution is 2.21. The van der Waals surface area contributed by atoms with E-state index in [4.69, 9.17) is 5.11 Å². The van der Waals surface area contributed by atoms with Crippen molar-refractivity contribution in [3.8, 4) is 0 Å². The van der Waals surface area contributed by atoms with E-state index < -0.39 is 5.60 Å². The number of aromatic nitrogens is 1. The van der Waals surface area contributed by atoms with E-state index in [0.29, 0.717) is 18.5 Å². The molecule has 1 aromatic heterocycles. The minimum absolute atomic E-state index is 0.0330. The van der Waals surface area contributed by atoms with E-state index >= 15 is 0 Å². The Hall–Kier alpha value is -1.85. The Bertz CT molecular complexity index is 631. The van der Waals surface area contributed by atoms with Crippen molar-refractivity contribution >= 4 is 16.8 Å². The summed E-state index contributed by atoms with van der Waals surface area (Å²) in [6, 6.07) is 7.75. The fraction of sp³-hybridized carbons (Fsp3) is 0.438. The zero-order chi connectivity index (χ0) is 15.5. The number of fused-ring (bicyclic) bond motifs is 1. The van der Waals surface area contributed by atoms with Gasteiger partial charge in [-0.3, -0.25) is 4.79 Å². The number of nitrogens with one attached hydrogen (secondary N) is 2. The van der Waals surface area contributed by atoms with E-state index in [1.54, 1.807) is 6.92 Å². The molecule has 1 unspecified atom stereocenters. The molecular formula is C16H22N2O3. The molecule has 0 fully saturated rings. The number of H-pyrrole nitrogens is 1. The number of carbonyl (C=O) groups is 1. The second-order valence-corrected chi connectivity index (χ2v) is 5.68. The van der Waals surface area contributed by atoms with Crippen LogP contribution in [0, 0.1) is 6.92 Å². The first-order chi connectivity index (χ1) is 9.94. The van der Waals surface area contributed by atoms with Gasteiger partial charge in [0.05, 0.1) is 5.60 Å². The highest BCUT2D eigenvalue weighted by atomic mass is 16.3. The summed E-state index contributed by atoms with van der Waals surface area (Å²) >= 11 is 0. The van der Waals surface area contributed by atoms with Crippen molar-refractivity contribution in [2.75, 3.05) is 13.2 Å². The van der Waals surface area contributed by atoms with Gasteiger partial charge in [-0.15, -0.1) is 0 Å². The fourth-order valence-electron chi connectivity index (χ4n) is 2.42. The third-order valence-electron chi connectivity index (χ3n) is 3.70. The quantitative estimate of drug-likeness (QED) is 0.653. The lowest BCUT2D eigenvalue weighted by atomic mass is 10.0. The fourth-order valence-corrected chi connectivity index (χ4v) is 2.42. The number of aliphatic hydroxyl groups is 2. The molecule has 21 heavy (non-hydrogen) atoms. The van der Waals surface area contributed by atoms with E-state index in [1.807, 2.05) is 31.2 Å². The number of rotatable bonds is 6. The zero-order valence-corrected chi connectivity index (χ0v) is 12.4. The average Bonchev–Trinajstić information content (AvgIpc) is 2.81. The van der Waals surface area contributed by atoms with E-state index in [-0.39, 0.29) is 19.1 Å². The van der Waals surface area contributed by atoms with Crippen molar-refractivity contribution in [3.63, 3.8) is 0 Å². The first kappa shape index (κ1) is 15.5. The molecule has 0 saturated carbocycles. The minimum atomic E-state index is -1.02. The predicted molar refractivity (Wildman–Crippen MR) is 82.3 cm³/mol. The summed E-state index contributed by atoms with van der Waals surface area (Å²) in [7, 11) is 0. The van der Waals surface area contributed by atoms with E-state index in [9.17, 15) is 9.90 Å². The molecule has 0 aliphatic carbocycles. The lowest BCUT2D eigenvalue weighted by molar-refractivity contribution is 0.0414. The summed E-state index contributed by atoms with van der Waals surface area (Å²) in [5, 5.41) is 22.7. The topological polar surface area (TPSA) is 85.3 Å². The van der Waals surface area contributed by atoms with Gasteiger partial charge in [-0.05, 0) is 38.3 Å². The summed E-state index contributed by atoms with van der Waals surface area (Å²) in [5.41, 5.74) is 1.33. The normalized spacial score (nSPS) is 14.1. The summed E-state index contributed by atoms with van der Waals surface area (Å²) in [4.78, 5) is 15.4. The number of hydrogen-bond acceptors (Lipinski definition) is 3. The van der Waals surface area contributed by atoms with Gasteiger partial charge in [-0.1, -0.05) is 18.2 Å². The van der Waals surface area contributed by atoms with Gasteiger partial charge in [-0.2, -0.15) is 0 Å². The van der Waals surface area contributed by atoms with Crippen LogP contribution in [0.5, 0.6) is 0 Å². The molecule has 0 radical (unpaired) electrons. The number of para-hydroxylation sites is 1. The zero-order valence-electron chi connectivity index (χ0n) is 12.4.